The molecular formula is C15H13ClN4O. The molecule has 0 aliphatic rings. The lowest BCUT2D eigenvalue weighted by atomic mass is 10.2. The third-order valence-corrected chi connectivity index (χ3v) is 3.55. The number of hydrogen-bond donors (Lipinski definition) is 1. The lowest BCUT2D eigenvalue weighted by molar-refractivity contribution is 0.100. The molecule has 0 saturated carbocycles. The summed E-state index contributed by atoms with van der Waals surface area (Å²) >= 11 is 6.24. The van der Waals surface area contributed by atoms with Crippen molar-refractivity contribution >= 4 is 28.5 Å². The van der Waals surface area contributed by atoms with Crippen LogP contribution in [0.2, 0.25) is 5.02 Å². The normalized spacial score (nSPS) is 11.0. The minimum absolute atomic E-state index is 0.361. The number of hydrogen-bond acceptors (Lipinski definition) is 3. The van der Waals surface area contributed by atoms with Gasteiger partial charge in [0.15, 0.2) is 0 Å². The Labute approximate surface area is 126 Å². The van der Waals surface area contributed by atoms with Crippen molar-refractivity contribution < 1.29 is 4.79 Å². The molecule has 3 heterocycles. The summed E-state index contributed by atoms with van der Waals surface area (Å²) in [4.78, 5) is 20.2. The number of carbonyl (C=O) groups is 1. The molecule has 0 bridgehead atoms. The van der Waals surface area contributed by atoms with E-state index in [1.165, 1.54) is 0 Å². The van der Waals surface area contributed by atoms with Crippen molar-refractivity contribution in [1.82, 2.24) is 14.5 Å². The van der Waals surface area contributed by atoms with Gasteiger partial charge >= 0.3 is 0 Å². The monoisotopic (exact) mass is 300 g/mol. The standard InChI is InChI=1S/C15H13ClN4O/c1-9-3-2-4-10(19-9)7-20-8-11(15(17)21)13-14(20)12(16)5-6-18-13/h2-6,8H,7H2,1H3,(H2,17,21). The summed E-state index contributed by atoms with van der Waals surface area (Å²) in [5, 5.41) is 0.528. The Morgan fingerprint density at radius 2 is 2.19 bits per heavy atom. The maximum atomic E-state index is 11.6. The van der Waals surface area contributed by atoms with Crippen LogP contribution >= 0.6 is 11.6 Å². The van der Waals surface area contributed by atoms with Crippen LogP contribution in [0.5, 0.6) is 0 Å². The van der Waals surface area contributed by atoms with Gasteiger partial charge in [0, 0.05) is 18.1 Å². The summed E-state index contributed by atoms with van der Waals surface area (Å²) in [6, 6.07) is 7.49. The van der Waals surface area contributed by atoms with E-state index < -0.39 is 5.91 Å². The molecule has 0 fully saturated rings. The van der Waals surface area contributed by atoms with E-state index in [2.05, 4.69) is 9.97 Å². The SMILES string of the molecule is Cc1cccc(Cn2cc(C(N)=O)c3nccc(Cl)c32)n1. The van der Waals surface area contributed by atoms with Crippen LogP contribution in [0.25, 0.3) is 11.0 Å². The van der Waals surface area contributed by atoms with Gasteiger partial charge in [-0.15, -0.1) is 0 Å². The Kier molecular flexibility index (Phi) is 3.35. The fourth-order valence-electron chi connectivity index (χ4n) is 2.35. The number of pyridine rings is 2. The number of amides is 1. The number of nitrogens with zero attached hydrogens (tertiary/aromatic N) is 3. The highest BCUT2D eigenvalue weighted by Gasteiger charge is 2.16. The fourth-order valence-corrected chi connectivity index (χ4v) is 2.60. The van der Waals surface area contributed by atoms with Crippen LogP contribution in [-0.2, 0) is 6.54 Å². The van der Waals surface area contributed by atoms with Gasteiger partial charge in [0.25, 0.3) is 5.91 Å². The van der Waals surface area contributed by atoms with Crippen LogP contribution in [0.15, 0.2) is 36.7 Å². The van der Waals surface area contributed by atoms with Crippen molar-refractivity contribution in [3.8, 4) is 0 Å². The first kappa shape index (κ1) is 13.6. The highest BCUT2D eigenvalue weighted by molar-refractivity contribution is 6.35. The molecule has 0 aromatic carbocycles. The Morgan fingerprint density at radius 3 is 2.90 bits per heavy atom. The maximum absolute atomic E-state index is 11.6. The van der Waals surface area contributed by atoms with Gasteiger partial charge in [-0.1, -0.05) is 17.7 Å². The minimum Gasteiger partial charge on any atom is -0.365 e. The largest absolute Gasteiger partial charge is 0.365 e. The topological polar surface area (TPSA) is 73.8 Å². The molecule has 0 aliphatic heterocycles. The van der Waals surface area contributed by atoms with Crippen molar-refractivity contribution in [2.75, 3.05) is 0 Å². The summed E-state index contributed by atoms with van der Waals surface area (Å²) in [5.74, 6) is -0.522. The predicted octanol–water partition coefficient (Wildman–Crippen LogP) is 2.54. The molecule has 106 valence electrons. The summed E-state index contributed by atoms with van der Waals surface area (Å²) < 4.78 is 1.85. The third kappa shape index (κ3) is 2.48. The highest BCUT2D eigenvalue weighted by atomic mass is 35.5. The summed E-state index contributed by atoms with van der Waals surface area (Å²) in [6.07, 6.45) is 3.24. The molecular weight excluding hydrogens is 288 g/mol. The number of rotatable bonds is 3. The van der Waals surface area contributed by atoms with Gasteiger partial charge in [0.1, 0.15) is 5.52 Å². The average molecular weight is 301 g/mol. The molecule has 0 unspecified atom stereocenters. The van der Waals surface area contributed by atoms with Crippen LogP contribution in [-0.4, -0.2) is 20.4 Å². The van der Waals surface area contributed by atoms with E-state index in [4.69, 9.17) is 17.3 Å². The van der Waals surface area contributed by atoms with Gasteiger partial charge in [-0.3, -0.25) is 14.8 Å². The van der Waals surface area contributed by atoms with Crippen LogP contribution in [0.4, 0.5) is 0 Å². The molecule has 3 rings (SSSR count). The van der Waals surface area contributed by atoms with E-state index in [0.717, 1.165) is 11.4 Å². The van der Waals surface area contributed by atoms with Gasteiger partial charge in [-0.25, -0.2) is 0 Å². The average Bonchev–Trinajstić information content (AvgIpc) is 2.79. The van der Waals surface area contributed by atoms with Gasteiger partial charge in [-0.05, 0) is 25.1 Å². The van der Waals surface area contributed by atoms with Gasteiger partial charge in [0.2, 0.25) is 0 Å². The van der Waals surface area contributed by atoms with Crippen LogP contribution in [0.3, 0.4) is 0 Å². The first-order valence-corrected chi connectivity index (χ1v) is 6.80. The summed E-state index contributed by atoms with van der Waals surface area (Å²) in [7, 11) is 0. The number of halogens is 1. The number of carbonyl (C=O) groups excluding carboxylic acids is 1. The van der Waals surface area contributed by atoms with E-state index >= 15 is 0 Å². The Bertz CT molecular complexity index is 841. The molecule has 0 atom stereocenters. The maximum Gasteiger partial charge on any atom is 0.252 e. The first-order chi connectivity index (χ1) is 10.1. The summed E-state index contributed by atoms with van der Waals surface area (Å²) in [5.41, 5.74) is 8.79. The van der Waals surface area contributed by atoms with E-state index in [-0.39, 0.29) is 0 Å². The molecule has 21 heavy (non-hydrogen) atoms. The zero-order valence-corrected chi connectivity index (χ0v) is 12.1. The lowest BCUT2D eigenvalue weighted by Crippen LogP contribution is -2.10. The third-order valence-electron chi connectivity index (χ3n) is 3.25. The highest BCUT2D eigenvalue weighted by Crippen LogP contribution is 2.26. The minimum atomic E-state index is -0.522. The molecule has 3 aromatic heterocycles. The Hall–Kier alpha value is -2.40. The molecule has 3 aromatic rings. The van der Waals surface area contributed by atoms with Crippen molar-refractivity contribution in [2.24, 2.45) is 5.73 Å². The lowest BCUT2D eigenvalue weighted by Gasteiger charge is -2.06. The Morgan fingerprint density at radius 1 is 1.38 bits per heavy atom. The smallest absolute Gasteiger partial charge is 0.252 e. The second-order valence-corrected chi connectivity index (χ2v) is 5.20. The zero-order chi connectivity index (χ0) is 15.0. The second-order valence-electron chi connectivity index (χ2n) is 4.80. The summed E-state index contributed by atoms with van der Waals surface area (Å²) in [6.45, 7) is 2.43. The first-order valence-electron chi connectivity index (χ1n) is 6.42. The number of aryl methyl sites for hydroxylation is 1. The molecule has 0 saturated heterocycles. The quantitative estimate of drug-likeness (QED) is 0.808. The molecule has 6 heteroatoms. The van der Waals surface area contributed by atoms with Crippen molar-refractivity contribution in [2.45, 2.75) is 13.5 Å². The number of fused-ring (bicyclic) bond motifs is 1. The van der Waals surface area contributed by atoms with E-state index in [1.807, 2.05) is 29.7 Å². The predicted molar refractivity (Wildman–Crippen MR) is 81.3 cm³/mol. The van der Waals surface area contributed by atoms with Crippen LogP contribution in [0.1, 0.15) is 21.7 Å². The van der Waals surface area contributed by atoms with E-state index in [0.29, 0.717) is 28.2 Å². The molecule has 0 aliphatic carbocycles. The van der Waals surface area contributed by atoms with Crippen molar-refractivity contribution in [1.29, 1.82) is 0 Å². The molecule has 1 amide bonds. The van der Waals surface area contributed by atoms with Crippen LogP contribution in [0, 0.1) is 6.92 Å². The number of aromatic nitrogens is 3. The van der Waals surface area contributed by atoms with E-state index in [9.17, 15) is 4.79 Å². The molecule has 2 N–H and O–H groups in total. The van der Waals surface area contributed by atoms with Crippen LogP contribution < -0.4 is 5.73 Å². The zero-order valence-electron chi connectivity index (χ0n) is 11.4. The van der Waals surface area contributed by atoms with Crippen molar-refractivity contribution in [3.05, 3.63) is 58.6 Å². The Balaban J connectivity index is 2.16. The number of primary amides is 1. The van der Waals surface area contributed by atoms with E-state index in [1.54, 1.807) is 18.5 Å². The fraction of sp³-hybridized carbons (Fsp3) is 0.133. The second kappa shape index (κ2) is 5.18. The van der Waals surface area contributed by atoms with Crippen molar-refractivity contribution in [3.63, 3.8) is 0 Å². The molecule has 0 radical (unpaired) electrons. The van der Waals surface area contributed by atoms with Gasteiger partial charge in [-0.2, -0.15) is 0 Å². The number of nitrogens with two attached hydrogens (primary N) is 1. The van der Waals surface area contributed by atoms with Gasteiger partial charge < -0.3 is 10.3 Å². The molecule has 5 nitrogen and oxygen atoms in total. The molecule has 0 spiro atoms. The van der Waals surface area contributed by atoms with Gasteiger partial charge in [0.05, 0.1) is 28.3 Å².